The van der Waals surface area contributed by atoms with E-state index < -0.39 is 0 Å². The van der Waals surface area contributed by atoms with Crippen molar-refractivity contribution in [2.45, 2.75) is 31.7 Å². The zero-order valence-electron chi connectivity index (χ0n) is 15.9. The largest absolute Gasteiger partial charge is 0.378 e. The van der Waals surface area contributed by atoms with Crippen molar-refractivity contribution in [3.8, 4) is 0 Å². The first kappa shape index (κ1) is 18.9. The van der Waals surface area contributed by atoms with Gasteiger partial charge >= 0.3 is 0 Å². The molecule has 1 atom stereocenters. The lowest BCUT2D eigenvalue weighted by atomic mass is 9.99. The Labute approximate surface area is 155 Å². The Hall–Kier alpha value is -1.86. The molecule has 3 rings (SSSR count). The Morgan fingerprint density at radius 2 is 1.96 bits per heavy atom. The van der Waals surface area contributed by atoms with E-state index in [1.165, 1.54) is 6.42 Å². The molecule has 0 radical (unpaired) electrons. The second kappa shape index (κ2) is 8.68. The minimum Gasteiger partial charge on any atom is -0.378 e. The first-order valence-corrected chi connectivity index (χ1v) is 9.59. The Bertz CT molecular complexity index is 637. The van der Waals surface area contributed by atoms with Gasteiger partial charge in [-0.05, 0) is 31.5 Å². The molecule has 2 amide bonds. The van der Waals surface area contributed by atoms with E-state index in [2.05, 4.69) is 16.3 Å². The molecule has 0 aromatic carbocycles. The monoisotopic (exact) mass is 362 g/mol. The second-order valence-electron chi connectivity index (χ2n) is 7.07. The van der Waals surface area contributed by atoms with Gasteiger partial charge in [0.2, 0.25) is 5.91 Å². The van der Waals surface area contributed by atoms with Gasteiger partial charge in [-0.2, -0.15) is 0 Å². The molecule has 2 aliphatic heterocycles. The zero-order chi connectivity index (χ0) is 18.5. The number of rotatable bonds is 5. The molecule has 2 fully saturated rings. The van der Waals surface area contributed by atoms with Crippen LogP contribution in [-0.4, -0.2) is 72.6 Å². The van der Waals surface area contributed by atoms with Gasteiger partial charge in [0.25, 0.3) is 5.91 Å². The highest BCUT2D eigenvalue weighted by Crippen LogP contribution is 2.31. The number of hydrogen-bond donors (Lipinski definition) is 1. The zero-order valence-corrected chi connectivity index (χ0v) is 15.9. The highest BCUT2D eigenvalue weighted by atomic mass is 16.5. The summed E-state index contributed by atoms with van der Waals surface area (Å²) in [6.07, 6.45) is 3.95. The van der Waals surface area contributed by atoms with Crippen LogP contribution in [0, 0.1) is 0 Å². The molecule has 3 heterocycles. The van der Waals surface area contributed by atoms with Gasteiger partial charge in [-0.25, -0.2) is 0 Å². The number of ether oxygens (including phenoxy) is 1. The summed E-state index contributed by atoms with van der Waals surface area (Å²) in [5, 5.41) is 2.69. The van der Waals surface area contributed by atoms with Gasteiger partial charge in [0.1, 0.15) is 5.69 Å². The van der Waals surface area contributed by atoms with Crippen LogP contribution in [0.4, 0.5) is 0 Å². The maximum atomic E-state index is 12.5. The van der Waals surface area contributed by atoms with E-state index in [4.69, 9.17) is 4.74 Å². The summed E-state index contributed by atoms with van der Waals surface area (Å²) in [5.74, 6) is 0.152. The minimum absolute atomic E-state index is 0.0661. The van der Waals surface area contributed by atoms with E-state index in [0.717, 1.165) is 31.6 Å². The molecule has 0 aliphatic carbocycles. The number of aromatic nitrogens is 1. The molecule has 7 nitrogen and oxygen atoms in total. The quantitative estimate of drug-likeness (QED) is 0.854. The van der Waals surface area contributed by atoms with Crippen LogP contribution in [-0.2, 0) is 16.6 Å². The molecular formula is C19H30N4O3. The summed E-state index contributed by atoms with van der Waals surface area (Å²) in [6.45, 7) is 4.46. The number of carbonyl (C=O) groups is 2. The molecule has 0 bridgehead atoms. The van der Waals surface area contributed by atoms with Crippen LogP contribution in [0.2, 0.25) is 0 Å². The van der Waals surface area contributed by atoms with E-state index in [1.807, 2.05) is 22.6 Å². The summed E-state index contributed by atoms with van der Waals surface area (Å²) in [6, 6.07) is 4.21. The number of carbonyl (C=O) groups excluding carboxylic acids is 2. The molecule has 26 heavy (non-hydrogen) atoms. The van der Waals surface area contributed by atoms with Crippen LogP contribution in [0.1, 0.15) is 47.9 Å². The number of nitrogens with zero attached hydrogens (tertiary/aromatic N) is 3. The topological polar surface area (TPSA) is 66.8 Å². The fourth-order valence-corrected chi connectivity index (χ4v) is 4.02. The van der Waals surface area contributed by atoms with E-state index in [1.54, 1.807) is 7.05 Å². The van der Waals surface area contributed by atoms with Crippen molar-refractivity contribution >= 4 is 11.8 Å². The van der Waals surface area contributed by atoms with E-state index >= 15 is 0 Å². The normalized spacial score (nSPS) is 21.6. The van der Waals surface area contributed by atoms with Crippen LogP contribution in [0.5, 0.6) is 0 Å². The third-order valence-corrected chi connectivity index (χ3v) is 5.55. The Kier molecular flexibility index (Phi) is 6.32. The molecule has 1 unspecified atom stereocenters. The van der Waals surface area contributed by atoms with Crippen LogP contribution >= 0.6 is 0 Å². The van der Waals surface area contributed by atoms with Crippen molar-refractivity contribution in [1.82, 2.24) is 19.7 Å². The van der Waals surface area contributed by atoms with E-state index in [9.17, 15) is 9.59 Å². The first-order chi connectivity index (χ1) is 12.6. The van der Waals surface area contributed by atoms with Gasteiger partial charge in [0.05, 0.1) is 19.3 Å². The second-order valence-corrected chi connectivity index (χ2v) is 7.07. The predicted octanol–water partition coefficient (Wildman–Crippen LogP) is 1.16. The lowest BCUT2D eigenvalue weighted by Crippen LogP contribution is -2.43. The third kappa shape index (κ3) is 4.10. The van der Waals surface area contributed by atoms with Crippen molar-refractivity contribution in [3.63, 3.8) is 0 Å². The Balaban J connectivity index is 1.65. The Morgan fingerprint density at radius 1 is 1.19 bits per heavy atom. The highest BCUT2D eigenvalue weighted by molar-refractivity contribution is 5.92. The molecule has 2 aliphatic rings. The van der Waals surface area contributed by atoms with Gasteiger partial charge in [0.15, 0.2) is 0 Å². The summed E-state index contributed by atoms with van der Waals surface area (Å²) >= 11 is 0. The number of nitrogens with one attached hydrogen (secondary N) is 1. The summed E-state index contributed by atoms with van der Waals surface area (Å²) in [5.41, 5.74) is 1.83. The Morgan fingerprint density at radius 3 is 2.69 bits per heavy atom. The molecule has 2 saturated heterocycles. The summed E-state index contributed by atoms with van der Waals surface area (Å²) < 4.78 is 7.32. The van der Waals surface area contributed by atoms with Crippen molar-refractivity contribution in [1.29, 1.82) is 0 Å². The lowest BCUT2D eigenvalue weighted by Gasteiger charge is -2.36. The maximum absolute atomic E-state index is 12.5. The van der Waals surface area contributed by atoms with Crippen LogP contribution in [0.3, 0.4) is 0 Å². The van der Waals surface area contributed by atoms with Crippen LogP contribution in [0.25, 0.3) is 0 Å². The number of amides is 2. The van der Waals surface area contributed by atoms with Crippen molar-refractivity contribution in [3.05, 3.63) is 23.5 Å². The summed E-state index contributed by atoms with van der Waals surface area (Å²) in [4.78, 5) is 28.8. The highest BCUT2D eigenvalue weighted by Gasteiger charge is 2.28. The average molecular weight is 362 g/mol. The van der Waals surface area contributed by atoms with Gasteiger partial charge in [-0.1, -0.05) is 6.42 Å². The smallest absolute Gasteiger partial charge is 0.267 e. The lowest BCUT2D eigenvalue weighted by molar-refractivity contribution is -0.135. The number of piperidine rings is 1. The third-order valence-electron chi connectivity index (χ3n) is 5.55. The minimum atomic E-state index is -0.0661. The SMILES string of the molecule is CNC(=O)c1ccc(C2CCCCN2CCC(=O)N2CCOCC2)n1C. The molecule has 0 spiro atoms. The molecule has 1 N–H and O–H groups in total. The average Bonchev–Trinajstić information content (AvgIpc) is 3.07. The van der Waals surface area contributed by atoms with Crippen LogP contribution in [0.15, 0.2) is 12.1 Å². The molecule has 7 heteroatoms. The maximum Gasteiger partial charge on any atom is 0.267 e. The number of morpholine rings is 1. The predicted molar refractivity (Wildman–Crippen MR) is 99.0 cm³/mol. The molecular weight excluding hydrogens is 332 g/mol. The molecule has 144 valence electrons. The molecule has 1 aromatic heterocycles. The molecule has 1 aromatic rings. The summed E-state index contributed by atoms with van der Waals surface area (Å²) in [7, 11) is 3.60. The van der Waals surface area contributed by atoms with Gasteiger partial charge < -0.3 is 19.5 Å². The van der Waals surface area contributed by atoms with Gasteiger partial charge in [0, 0.05) is 45.8 Å². The van der Waals surface area contributed by atoms with Crippen LogP contribution < -0.4 is 5.32 Å². The number of likely N-dealkylation sites (tertiary alicyclic amines) is 1. The van der Waals surface area contributed by atoms with E-state index in [-0.39, 0.29) is 17.9 Å². The van der Waals surface area contributed by atoms with E-state index in [0.29, 0.717) is 38.4 Å². The fraction of sp³-hybridized carbons (Fsp3) is 0.684. The van der Waals surface area contributed by atoms with Gasteiger partial charge in [-0.3, -0.25) is 14.5 Å². The molecule has 0 saturated carbocycles. The van der Waals surface area contributed by atoms with Crippen molar-refractivity contribution in [2.75, 3.05) is 46.4 Å². The van der Waals surface area contributed by atoms with Crippen molar-refractivity contribution < 1.29 is 14.3 Å². The fourth-order valence-electron chi connectivity index (χ4n) is 4.02. The van der Waals surface area contributed by atoms with Gasteiger partial charge in [-0.15, -0.1) is 0 Å². The number of hydrogen-bond acceptors (Lipinski definition) is 4. The van der Waals surface area contributed by atoms with Crippen molar-refractivity contribution in [2.24, 2.45) is 7.05 Å². The standard InChI is InChI=1S/C19H30N4O3/c1-20-19(25)17-7-6-15(21(17)2)16-5-3-4-9-22(16)10-8-18(24)23-11-13-26-14-12-23/h6-7,16H,3-5,8-14H2,1-2H3,(H,20,25). The first-order valence-electron chi connectivity index (χ1n) is 9.59.